The number of halogens is 1. The molecular formula is C30H28ClN5O3S. The number of anilines is 2. The van der Waals surface area contributed by atoms with E-state index in [9.17, 15) is 8.42 Å². The number of fused-ring (bicyclic) bond motifs is 1. The Morgan fingerprint density at radius 1 is 0.975 bits per heavy atom. The lowest BCUT2D eigenvalue weighted by molar-refractivity contribution is 0.148. The monoisotopic (exact) mass is 573 g/mol. The van der Waals surface area contributed by atoms with Crippen molar-refractivity contribution < 1.29 is 13.2 Å². The number of rotatable bonds is 7. The molecule has 2 atom stereocenters. The third-order valence-electron chi connectivity index (χ3n) is 7.12. The SMILES string of the molecule is Nc1ccc(OC2CCCC(Nc3ncc(Cl)c(-c4cn(S(=O)(=O)c5ccccc5)c5ccccc45)n3)C2)cc1. The molecule has 2 aromatic heterocycles. The van der Waals surface area contributed by atoms with Gasteiger partial charge in [-0.05, 0) is 61.7 Å². The lowest BCUT2D eigenvalue weighted by Gasteiger charge is -2.30. The molecule has 204 valence electrons. The van der Waals surface area contributed by atoms with E-state index in [-0.39, 0.29) is 17.0 Å². The van der Waals surface area contributed by atoms with E-state index >= 15 is 0 Å². The van der Waals surface area contributed by atoms with Gasteiger partial charge in [0.05, 0.1) is 27.3 Å². The molecule has 0 radical (unpaired) electrons. The Kier molecular flexibility index (Phi) is 7.08. The van der Waals surface area contributed by atoms with Crippen molar-refractivity contribution in [3.05, 3.63) is 96.3 Å². The lowest BCUT2D eigenvalue weighted by atomic mass is 9.93. The van der Waals surface area contributed by atoms with E-state index in [0.717, 1.165) is 36.8 Å². The molecule has 1 aliphatic rings. The summed E-state index contributed by atoms with van der Waals surface area (Å²) in [6.45, 7) is 0. The van der Waals surface area contributed by atoms with E-state index in [0.29, 0.717) is 33.4 Å². The van der Waals surface area contributed by atoms with Crippen LogP contribution in [0.25, 0.3) is 22.2 Å². The van der Waals surface area contributed by atoms with Gasteiger partial charge in [0.2, 0.25) is 5.95 Å². The average Bonchev–Trinajstić information content (AvgIpc) is 3.36. The molecule has 0 saturated heterocycles. The molecule has 0 spiro atoms. The molecule has 5 aromatic rings. The molecular weight excluding hydrogens is 546 g/mol. The Labute approximate surface area is 237 Å². The van der Waals surface area contributed by atoms with Crippen LogP contribution in [0.3, 0.4) is 0 Å². The topological polar surface area (TPSA) is 112 Å². The van der Waals surface area contributed by atoms with Crippen LogP contribution in [0.1, 0.15) is 25.7 Å². The first-order chi connectivity index (χ1) is 19.4. The second-order valence-corrected chi connectivity index (χ2v) is 12.1. The average molecular weight is 574 g/mol. The van der Waals surface area contributed by atoms with Crippen molar-refractivity contribution in [3.63, 3.8) is 0 Å². The van der Waals surface area contributed by atoms with Crippen LogP contribution in [0.4, 0.5) is 11.6 Å². The smallest absolute Gasteiger partial charge is 0.268 e. The fourth-order valence-electron chi connectivity index (χ4n) is 5.17. The van der Waals surface area contributed by atoms with Crippen LogP contribution in [0.5, 0.6) is 5.75 Å². The van der Waals surface area contributed by atoms with E-state index < -0.39 is 10.0 Å². The van der Waals surface area contributed by atoms with Crippen LogP contribution in [0, 0.1) is 0 Å². The number of benzene rings is 3. The van der Waals surface area contributed by atoms with Gasteiger partial charge in [0, 0.05) is 35.3 Å². The van der Waals surface area contributed by atoms with Gasteiger partial charge in [-0.2, -0.15) is 0 Å². The van der Waals surface area contributed by atoms with Gasteiger partial charge in [-0.1, -0.05) is 48.0 Å². The highest BCUT2D eigenvalue weighted by Crippen LogP contribution is 2.36. The summed E-state index contributed by atoms with van der Waals surface area (Å²) in [7, 11) is -3.84. The van der Waals surface area contributed by atoms with Gasteiger partial charge in [0.1, 0.15) is 11.9 Å². The highest BCUT2D eigenvalue weighted by molar-refractivity contribution is 7.90. The van der Waals surface area contributed by atoms with Gasteiger partial charge in [-0.25, -0.2) is 22.4 Å². The number of nitrogens with zero attached hydrogens (tertiary/aromatic N) is 3. The number of aromatic nitrogens is 3. The Hall–Kier alpha value is -4.08. The molecule has 3 aromatic carbocycles. The quantitative estimate of drug-likeness (QED) is 0.217. The van der Waals surface area contributed by atoms with Crippen molar-refractivity contribution in [2.75, 3.05) is 11.1 Å². The zero-order chi connectivity index (χ0) is 27.7. The van der Waals surface area contributed by atoms with Crippen LogP contribution >= 0.6 is 11.6 Å². The summed E-state index contributed by atoms with van der Waals surface area (Å²) >= 11 is 6.60. The summed E-state index contributed by atoms with van der Waals surface area (Å²) in [6, 6.07) is 23.2. The molecule has 6 rings (SSSR count). The molecule has 1 fully saturated rings. The van der Waals surface area contributed by atoms with Crippen molar-refractivity contribution in [2.45, 2.75) is 42.7 Å². The van der Waals surface area contributed by atoms with Gasteiger partial charge in [-0.3, -0.25) is 0 Å². The molecule has 1 aliphatic carbocycles. The first-order valence-corrected chi connectivity index (χ1v) is 14.9. The van der Waals surface area contributed by atoms with E-state index in [2.05, 4.69) is 10.3 Å². The van der Waals surface area contributed by atoms with Crippen LogP contribution in [-0.2, 0) is 10.0 Å². The Bertz CT molecular complexity index is 1760. The fourth-order valence-corrected chi connectivity index (χ4v) is 6.76. The van der Waals surface area contributed by atoms with Gasteiger partial charge in [0.15, 0.2) is 0 Å². The Balaban J connectivity index is 1.29. The fraction of sp³-hybridized carbons (Fsp3) is 0.200. The van der Waals surface area contributed by atoms with Crippen LogP contribution in [0.2, 0.25) is 5.02 Å². The van der Waals surface area contributed by atoms with Crippen LogP contribution < -0.4 is 15.8 Å². The normalized spacial score (nSPS) is 17.5. The van der Waals surface area contributed by atoms with E-state index in [1.165, 1.54) is 3.97 Å². The minimum absolute atomic E-state index is 0.0582. The lowest BCUT2D eigenvalue weighted by Crippen LogP contribution is -2.33. The standard InChI is InChI=1S/C30H28ClN5O3S/c31-27-18-33-30(34-21-7-6-8-23(17-21)39-22-15-13-20(32)14-16-22)35-29(27)26-19-36(28-12-5-4-11-25(26)28)40(37,38)24-9-2-1-3-10-24/h1-5,9-16,18-19,21,23H,6-8,17,32H2,(H,33,34,35). The number of ether oxygens (including phenoxy) is 1. The summed E-state index contributed by atoms with van der Waals surface area (Å²) in [5.41, 5.74) is 8.11. The summed E-state index contributed by atoms with van der Waals surface area (Å²) in [5, 5.41) is 4.51. The Morgan fingerprint density at radius 3 is 2.52 bits per heavy atom. The van der Waals surface area contributed by atoms with E-state index in [1.807, 2.05) is 42.5 Å². The first-order valence-electron chi connectivity index (χ1n) is 13.1. The molecule has 0 aliphatic heterocycles. The van der Waals surface area contributed by atoms with Crippen molar-refractivity contribution in [2.24, 2.45) is 0 Å². The molecule has 3 N–H and O–H groups in total. The van der Waals surface area contributed by atoms with E-state index in [4.69, 9.17) is 27.1 Å². The molecule has 0 bridgehead atoms. The largest absolute Gasteiger partial charge is 0.490 e. The van der Waals surface area contributed by atoms with Gasteiger partial charge in [-0.15, -0.1) is 0 Å². The van der Waals surface area contributed by atoms with Crippen LogP contribution in [0.15, 0.2) is 96.2 Å². The third-order valence-corrected chi connectivity index (χ3v) is 9.08. The highest BCUT2D eigenvalue weighted by Gasteiger charge is 2.26. The number of nitrogen functional groups attached to an aromatic ring is 1. The van der Waals surface area contributed by atoms with Gasteiger partial charge in [0.25, 0.3) is 10.0 Å². The Morgan fingerprint density at radius 2 is 1.73 bits per heavy atom. The summed E-state index contributed by atoms with van der Waals surface area (Å²) in [5.74, 6) is 1.23. The second-order valence-electron chi connectivity index (χ2n) is 9.88. The predicted molar refractivity (Wildman–Crippen MR) is 158 cm³/mol. The number of para-hydroxylation sites is 1. The van der Waals surface area contributed by atoms with Crippen molar-refractivity contribution in [1.29, 1.82) is 0 Å². The van der Waals surface area contributed by atoms with Crippen molar-refractivity contribution in [1.82, 2.24) is 13.9 Å². The number of nitrogens with two attached hydrogens (primary N) is 1. The molecule has 2 unspecified atom stereocenters. The molecule has 2 heterocycles. The van der Waals surface area contributed by atoms with Gasteiger partial charge < -0.3 is 15.8 Å². The van der Waals surface area contributed by atoms with Crippen molar-refractivity contribution in [3.8, 4) is 17.0 Å². The summed E-state index contributed by atoms with van der Waals surface area (Å²) in [4.78, 5) is 9.38. The maximum atomic E-state index is 13.6. The summed E-state index contributed by atoms with van der Waals surface area (Å²) < 4.78 is 34.6. The number of hydrogen-bond donors (Lipinski definition) is 2. The van der Waals surface area contributed by atoms with E-state index in [1.54, 1.807) is 48.8 Å². The molecule has 40 heavy (non-hydrogen) atoms. The molecule has 1 saturated carbocycles. The molecule has 10 heteroatoms. The van der Waals surface area contributed by atoms with Crippen LogP contribution in [-0.4, -0.2) is 34.5 Å². The maximum absolute atomic E-state index is 13.6. The molecule has 0 amide bonds. The zero-order valence-corrected chi connectivity index (χ0v) is 23.1. The second kappa shape index (κ2) is 10.8. The number of nitrogens with one attached hydrogen (secondary N) is 1. The van der Waals surface area contributed by atoms with Crippen molar-refractivity contribution >= 4 is 44.2 Å². The predicted octanol–water partition coefficient (Wildman–Crippen LogP) is 6.37. The first kappa shape index (κ1) is 26.2. The third kappa shape index (κ3) is 5.22. The highest BCUT2D eigenvalue weighted by atomic mass is 35.5. The minimum atomic E-state index is -3.84. The zero-order valence-electron chi connectivity index (χ0n) is 21.6. The molecule has 8 nitrogen and oxygen atoms in total. The minimum Gasteiger partial charge on any atom is -0.490 e. The number of hydrogen-bond acceptors (Lipinski definition) is 7. The summed E-state index contributed by atoms with van der Waals surface area (Å²) in [6.07, 6.45) is 6.91. The van der Waals surface area contributed by atoms with Gasteiger partial charge >= 0.3 is 0 Å². The maximum Gasteiger partial charge on any atom is 0.268 e.